The van der Waals surface area contributed by atoms with Crippen LogP contribution in [0.15, 0.2) is 41.6 Å². The summed E-state index contributed by atoms with van der Waals surface area (Å²) in [7, 11) is 1.53. The molecule has 3 rings (SSSR count). The Balaban J connectivity index is 1.77. The number of anilines is 1. The van der Waals surface area contributed by atoms with Crippen molar-refractivity contribution >= 4 is 35.0 Å². The van der Waals surface area contributed by atoms with E-state index in [-0.39, 0.29) is 5.91 Å². The number of ether oxygens (including phenoxy) is 1. The van der Waals surface area contributed by atoms with Crippen molar-refractivity contribution in [1.82, 2.24) is 20.2 Å². The second kappa shape index (κ2) is 8.62. The lowest BCUT2D eigenvalue weighted by Crippen LogP contribution is -2.23. The standard InChI is InChI=1S/C19H20ClN5O2S/c1-11-7-5-6-8-16(11)25-19(22-23-24-25)28-13(3)18(26)21-15-9-12(2)14(20)10-17(15)27-4/h5-10,13H,1-4H3,(H,21,26)/t13-/m0/s1. The zero-order valence-electron chi connectivity index (χ0n) is 15.9. The van der Waals surface area contributed by atoms with Crippen molar-refractivity contribution in [2.45, 2.75) is 31.2 Å². The van der Waals surface area contributed by atoms with Crippen LogP contribution in [-0.2, 0) is 4.79 Å². The number of thioether (sulfide) groups is 1. The van der Waals surface area contributed by atoms with Gasteiger partial charge in [-0.2, -0.15) is 4.68 Å². The minimum absolute atomic E-state index is 0.190. The molecule has 1 amide bonds. The van der Waals surface area contributed by atoms with Crippen molar-refractivity contribution in [1.29, 1.82) is 0 Å². The number of carbonyl (C=O) groups is 1. The molecule has 0 bridgehead atoms. The topological polar surface area (TPSA) is 81.9 Å². The van der Waals surface area contributed by atoms with Gasteiger partial charge in [-0.15, -0.1) is 5.10 Å². The van der Waals surface area contributed by atoms with Crippen LogP contribution >= 0.6 is 23.4 Å². The Labute approximate surface area is 172 Å². The van der Waals surface area contributed by atoms with Crippen molar-refractivity contribution in [2.75, 3.05) is 12.4 Å². The summed E-state index contributed by atoms with van der Waals surface area (Å²) in [5.41, 5.74) is 3.33. The lowest BCUT2D eigenvalue weighted by Gasteiger charge is -2.15. The van der Waals surface area contributed by atoms with Gasteiger partial charge in [0.05, 0.1) is 23.7 Å². The number of aryl methyl sites for hydroxylation is 2. The Bertz CT molecular complexity index is 1010. The van der Waals surface area contributed by atoms with Crippen LogP contribution < -0.4 is 10.1 Å². The van der Waals surface area contributed by atoms with Crippen LogP contribution in [0.2, 0.25) is 5.02 Å². The molecule has 0 aliphatic rings. The van der Waals surface area contributed by atoms with Crippen molar-refractivity contribution in [3.63, 3.8) is 0 Å². The summed E-state index contributed by atoms with van der Waals surface area (Å²) in [4.78, 5) is 12.7. The van der Waals surface area contributed by atoms with Gasteiger partial charge < -0.3 is 10.1 Å². The molecule has 0 aliphatic carbocycles. The molecular formula is C19H20ClN5O2S. The first-order valence-corrected chi connectivity index (χ1v) is 9.82. The van der Waals surface area contributed by atoms with Gasteiger partial charge in [-0.05, 0) is 54.5 Å². The molecule has 1 heterocycles. The fourth-order valence-corrected chi connectivity index (χ4v) is 3.53. The summed E-state index contributed by atoms with van der Waals surface area (Å²) in [6, 6.07) is 11.3. The molecule has 0 saturated heterocycles. The first-order chi connectivity index (χ1) is 13.4. The molecule has 146 valence electrons. The number of amides is 1. The van der Waals surface area contributed by atoms with Gasteiger partial charge in [0.1, 0.15) is 5.75 Å². The SMILES string of the molecule is COc1cc(Cl)c(C)cc1NC(=O)[C@H](C)Sc1nnnn1-c1ccccc1C. The zero-order valence-corrected chi connectivity index (χ0v) is 17.5. The smallest absolute Gasteiger partial charge is 0.237 e. The Morgan fingerprint density at radius 1 is 1.25 bits per heavy atom. The number of methoxy groups -OCH3 is 1. The fraction of sp³-hybridized carbons (Fsp3) is 0.263. The number of hydrogen-bond donors (Lipinski definition) is 1. The normalized spacial score (nSPS) is 11.9. The van der Waals surface area contributed by atoms with E-state index in [1.165, 1.54) is 18.9 Å². The summed E-state index contributed by atoms with van der Waals surface area (Å²) in [5, 5.41) is 15.5. The largest absolute Gasteiger partial charge is 0.495 e. The van der Waals surface area contributed by atoms with Crippen LogP contribution in [0.5, 0.6) is 5.75 Å². The number of benzene rings is 2. The Kier molecular flexibility index (Phi) is 6.21. The van der Waals surface area contributed by atoms with Crippen molar-refractivity contribution in [2.24, 2.45) is 0 Å². The Morgan fingerprint density at radius 3 is 2.71 bits per heavy atom. The van der Waals surface area contributed by atoms with Crippen molar-refractivity contribution < 1.29 is 9.53 Å². The van der Waals surface area contributed by atoms with Crippen LogP contribution in [0.3, 0.4) is 0 Å². The predicted molar refractivity (Wildman–Crippen MR) is 111 cm³/mol. The van der Waals surface area contributed by atoms with Gasteiger partial charge in [0.15, 0.2) is 0 Å². The van der Waals surface area contributed by atoms with Crippen LogP contribution in [0.25, 0.3) is 5.69 Å². The number of para-hydroxylation sites is 1. The third-order valence-electron chi connectivity index (χ3n) is 4.17. The molecule has 1 atom stereocenters. The van der Waals surface area contributed by atoms with Gasteiger partial charge in [-0.3, -0.25) is 4.79 Å². The summed E-state index contributed by atoms with van der Waals surface area (Å²) in [5.74, 6) is 0.315. The quantitative estimate of drug-likeness (QED) is 0.609. The van der Waals surface area contributed by atoms with Crippen LogP contribution in [0.4, 0.5) is 5.69 Å². The number of halogens is 1. The summed E-state index contributed by atoms with van der Waals surface area (Å²) >= 11 is 7.40. The molecule has 7 nitrogen and oxygen atoms in total. The van der Waals surface area contributed by atoms with E-state index >= 15 is 0 Å². The molecule has 0 aliphatic heterocycles. The summed E-state index contributed by atoms with van der Waals surface area (Å²) in [6.07, 6.45) is 0. The molecule has 28 heavy (non-hydrogen) atoms. The van der Waals surface area contributed by atoms with E-state index in [0.29, 0.717) is 21.6 Å². The van der Waals surface area contributed by atoms with Crippen LogP contribution in [0, 0.1) is 13.8 Å². The summed E-state index contributed by atoms with van der Waals surface area (Å²) < 4.78 is 6.95. The molecule has 9 heteroatoms. The van der Waals surface area contributed by atoms with Crippen LogP contribution in [0.1, 0.15) is 18.1 Å². The number of hydrogen-bond acceptors (Lipinski definition) is 6. The molecule has 2 aromatic carbocycles. The molecule has 0 radical (unpaired) electrons. The maximum absolute atomic E-state index is 12.7. The number of rotatable bonds is 6. The van der Waals surface area contributed by atoms with E-state index < -0.39 is 5.25 Å². The molecule has 0 saturated carbocycles. The highest BCUT2D eigenvalue weighted by molar-refractivity contribution is 8.00. The van der Waals surface area contributed by atoms with Crippen molar-refractivity contribution in [3.05, 3.63) is 52.5 Å². The Hall–Kier alpha value is -2.58. The number of nitrogens with zero attached hydrogens (tertiary/aromatic N) is 4. The van der Waals surface area contributed by atoms with Gasteiger partial charge >= 0.3 is 0 Å². The lowest BCUT2D eigenvalue weighted by atomic mass is 10.2. The van der Waals surface area contributed by atoms with Gasteiger partial charge in [0, 0.05) is 11.1 Å². The Morgan fingerprint density at radius 2 is 2.00 bits per heavy atom. The first-order valence-electron chi connectivity index (χ1n) is 8.56. The lowest BCUT2D eigenvalue weighted by molar-refractivity contribution is -0.115. The van der Waals surface area contributed by atoms with Crippen molar-refractivity contribution in [3.8, 4) is 11.4 Å². The highest BCUT2D eigenvalue weighted by Crippen LogP contribution is 2.32. The maximum atomic E-state index is 12.7. The third-order valence-corrected chi connectivity index (χ3v) is 5.61. The molecule has 3 aromatic rings. The minimum Gasteiger partial charge on any atom is -0.495 e. The molecule has 0 unspecified atom stereocenters. The number of tetrazole rings is 1. The minimum atomic E-state index is -0.436. The second-order valence-corrected chi connectivity index (χ2v) is 7.93. The maximum Gasteiger partial charge on any atom is 0.237 e. The van der Waals surface area contributed by atoms with Gasteiger partial charge in [-0.25, -0.2) is 0 Å². The van der Waals surface area contributed by atoms with Gasteiger partial charge in [0.2, 0.25) is 11.1 Å². The zero-order chi connectivity index (χ0) is 20.3. The second-order valence-electron chi connectivity index (χ2n) is 6.21. The molecular weight excluding hydrogens is 398 g/mol. The highest BCUT2D eigenvalue weighted by Gasteiger charge is 2.21. The van der Waals surface area contributed by atoms with E-state index in [1.807, 2.05) is 38.1 Å². The van der Waals surface area contributed by atoms with E-state index in [2.05, 4.69) is 20.8 Å². The molecule has 0 spiro atoms. The summed E-state index contributed by atoms with van der Waals surface area (Å²) in [6.45, 7) is 5.65. The molecule has 1 aromatic heterocycles. The van der Waals surface area contributed by atoms with Crippen LogP contribution in [-0.4, -0.2) is 38.5 Å². The first kappa shape index (κ1) is 20.2. The predicted octanol–water partition coefficient (Wildman–Crippen LogP) is 4.06. The van der Waals surface area contributed by atoms with Gasteiger partial charge in [0.25, 0.3) is 0 Å². The number of nitrogens with one attached hydrogen (secondary N) is 1. The number of aromatic nitrogens is 4. The monoisotopic (exact) mass is 417 g/mol. The van der Waals surface area contributed by atoms with Gasteiger partial charge in [-0.1, -0.05) is 41.6 Å². The number of carbonyl (C=O) groups excluding carboxylic acids is 1. The molecule has 1 N–H and O–H groups in total. The average Bonchev–Trinajstić information content (AvgIpc) is 3.12. The average molecular weight is 418 g/mol. The molecule has 0 fully saturated rings. The van der Waals surface area contributed by atoms with E-state index in [1.54, 1.807) is 23.7 Å². The fourth-order valence-electron chi connectivity index (χ4n) is 2.58. The van der Waals surface area contributed by atoms with E-state index in [9.17, 15) is 4.79 Å². The van der Waals surface area contributed by atoms with E-state index in [4.69, 9.17) is 16.3 Å². The third kappa shape index (κ3) is 4.28. The van der Waals surface area contributed by atoms with E-state index in [0.717, 1.165) is 16.8 Å². The highest BCUT2D eigenvalue weighted by atomic mass is 35.5.